The molecule has 0 fully saturated rings. The largest absolute Gasteiger partial charge is 0.427 e. The normalized spacial score (nSPS) is 13.6. The average Bonchev–Trinajstić information content (AvgIpc) is 2.56. The number of fused-ring (bicyclic) bond motifs is 1. The summed E-state index contributed by atoms with van der Waals surface area (Å²) in [4.78, 5) is 0. The fraction of sp³-hybridized carbons (Fsp3) is 0.545. The number of hydrogen-bond donors (Lipinski definition) is 2. The summed E-state index contributed by atoms with van der Waals surface area (Å²) in [5.41, 5.74) is -1.59. The molecule has 0 aliphatic carbocycles. The van der Waals surface area contributed by atoms with E-state index in [-0.39, 0.29) is 0 Å². The Balaban J connectivity index is 2.28. The van der Waals surface area contributed by atoms with E-state index in [1.54, 1.807) is 42.7 Å². The second-order valence-electron chi connectivity index (χ2n) is 9.40. The predicted octanol–water partition coefficient (Wildman–Crippen LogP) is 2.46. The van der Waals surface area contributed by atoms with Crippen molar-refractivity contribution in [1.29, 1.82) is 0 Å². The van der Waals surface area contributed by atoms with Gasteiger partial charge in [-0.3, -0.25) is 0 Å². The van der Waals surface area contributed by atoms with Crippen LogP contribution in [-0.4, -0.2) is 47.6 Å². The Morgan fingerprint density at radius 3 is 1.21 bits per heavy atom. The van der Waals surface area contributed by atoms with Gasteiger partial charge in [0.25, 0.3) is 0 Å². The van der Waals surface area contributed by atoms with E-state index in [0.29, 0.717) is 0 Å². The second-order valence-corrected chi connectivity index (χ2v) is 9.40. The van der Waals surface area contributed by atoms with Gasteiger partial charge in [-0.15, -0.1) is 0 Å². The van der Waals surface area contributed by atoms with E-state index < -0.39 is 22.4 Å². The van der Waals surface area contributed by atoms with Crippen molar-refractivity contribution in [3.8, 4) is 0 Å². The first kappa shape index (κ1) is 23.0. The SMILES string of the molecule is CC(C)(O)C(C)(C)O[B]c1cccc2c([B]OC(C)(C)C(C)(C)O)cccc12. The van der Waals surface area contributed by atoms with Crippen molar-refractivity contribution in [3.05, 3.63) is 36.4 Å². The molecule has 2 radical (unpaired) electrons. The Kier molecular flexibility index (Phi) is 6.42. The maximum atomic E-state index is 10.3. The molecule has 2 rings (SSSR count). The van der Waals surface area contributed by atoms with Gasteiger partial charge < -0.3 is 19.5 Å². The van der Waals surface area contributed by atoms with Crippen LogP contribution in [0.5, 0.6) is 0 Å². The zero-order valence-electron chi connectivity index (χ0n) is 18.3. The number of aliphatic hydroxyl groups is 2. The van der Waals surface area contributed by atoms with Crippen LogP contribution in [0.15, 0.2) is 36.4 Å². The Labute approximate surface area is 170 Å². The first-order valence-corrected chi connectivity index (χ1v) is 9.64. The lowest BCUT2D eigenvalue weighted by Crippen LogP contribution is -2.49. The van der Waals surface area contributed by atoms with Gasteiger partial charge in [-0.25, -0.2) is 0 Å². The van der Waals surface area contributed by atoms with E-state index in [4.69, 9.17) is 9.31 Å². The molecule has 2 aromatic rings. The van der Waals surface area contributed by atoms with E-state index in [1.807, 2.05) is 64.1 Å². The van der Waals surface area contributed by atoms with Crippen LogP contribution in [0, 0.1) is 0 Å². The van der Waals surface area contributed by atoms with E-state index in [0.717, 1.165) is 21.7 Å². The quantitative estimate of drug-likeness (QED) is 0.689. The van der Waals surface area contributed by atoms with Crippen LogP contribution in [0.1, 0.15) is 55.4 Å². The van der Waals surface area contributed by atoms with E-state index in [1.165, 1.54) is 0 Å². The third kappa shape index (κ3) is 4.98. The summed E-state index contributed by atoms with van der Waals surface area (Å²) >= 11 is 0. The van der Waals surface area contributed by atoms with Crippen LogP contribution in [0.3, 0.4) is 0 Å². The van der Waals surface area contributed by atoms with Crippen molar-refractivity contribution < 1.29 is 19.5 Å². The molecule has 2 aromatic carbocycles. The molecular formula is C22H32B2O4. The second kappa shape index (κ2) is 7.83. The number of benzene rings is 2. The smallest absolute Gasteiger partial charge is 0.331 e. The minimum absolute atomic E-state index is 0.737. The lowest BCUT2D eigenvalue weighted by Gasteiger charge is -2.38. The molecule has 0 aliphatic rings. The van der Waals surface area contributed by atoms with Crippen molar-refractivity contribution in [2.24, 2.45) is 0 Å². The lowest BCUT2D eigenvalue weighted by atomic mass is 9.76. The van der Waals surface area contributed by atoms with Gasteiger partial charge in [0, 0.05) is 0 Å². The summed E-state index contributed by atoms with van der Waals surface area (Å²) < 4.78 is 11.9. The third-order valence-corrected chi connectivity index (χ3v) is 5.90. The highest BCUT2D eigenvalue weighted by molar-refractivity contribution is 6.55. The maximum absolute atomic E-state index is 10.3. The fourth-order valence-electron chi connectivity index (χ4n) is 2.27. The average molecular weight is 382 g/mol. The molecule has 0 aromatic heterocycles. The van der Waals surface area contributed by atoms with Gasteiger partial charge in [-0.1, -0.05) is 36.4 Å². The first-order chi connectivity index (χ1) is 12.7. The number of rotatable bonds is 8. The highest BCUT2D eigenvalue weighted by atomic mass is 16.5. The van der Waals surface area contributed by atoms with Crippen molar-refractivity contribution in [2.45, 2.75) is 77.8 Å². The molecule has 0 aliphatic heterocycles. The molecule has 0 atom stereocenters. The van der Waals surface area contributed by atoms with Gasteiger partial charge in [0.05, 0.1) is 22.4 Å². The van der Waals surface area contributed by atoms with Crippen molar-refractivity contribution in [2.75, 3.05) is 0 Å². The fourth-order valence-corrected chi connectivity index (χ4v) is 2.27. The molecule has 150 valence electrons. The Bertz CT molecular complexity index is 748. The standard InChI is InChI=1S/C22H32B2O4/c1-19(2,25)21(5,6)27-23-17-13-9-12-16-15(17)11-10-14-18(16)24-28-22(7,8)20(3,4)26/h9-14,25-26H,1-8H3. The predicted molar refractivity (Wildman–Crippen MR) is 118 cm³/mol. The van der Waals surface area contributed by atoms with Gasteiger partial charge in [-0.2, -0.15) is 0 Å². The molecule has 0 saturated carbocycles. The molecule has 0 amide bonds. The molecule has 2 N–H and O–H groups in total. The monoisotopic (exact) mass is 382 g/mol. The van der Waals surface area contributed by atoms with E-state index in [9.17, 15) is 10.2 Å². The summed E-state index contributed by atoms with van der Waals surface area (Å²) in [6, 6.07) is 11.9. The zero-order chi connectivity index (χ0) is 21.4. The molecule has 0 spiro atoms. The minimum Gasteiger partial charge on any atom is -0.427 e. The molecule has 0 saturated heterocycles. The topological polar surface area (TPSA) is 58.9 Å². The molecule has 0 unspecified atom stereocenters. The van der Waals surface area contributed by atoms with E-state index >= 15 is 0 Å². The van der Waals surface area contributed by atoms with Crippen LogP contribution in [0.4, 0.5) is 0 Å². The molecule has 0 heterocycles. The van der Waals surface area contributed by atoms with Crippen molar-refractivity contribution >= 4 is 36.7 Å². The van der Waals surface area contributed by atoms with Gasteiger partial charge in [0.1, 0.15) is 0 Å². The van der Waals surface area contributed by atoms with Gasteiger partial charge in [0.15, 0.2) is 0 Å². The van der Waals surface area contributed by atoms with Gasteiger partial charge >= 0.3 is 15.0 Å². The zero-order valence-corrected chi connectivity index (χ0v) is 18.3. The molecule has 0 bridgehead atoms. The summed E-state index contributed by atoms with van der Waals surface area (Å²) in [5.74, 6) is 0. The van der Waals surface area contributed by atoms with Crippen LogP contribution < -0.4 is 10.9 Å². The summed E-state index contributed by atoms with van der Waals surface area (Å²) in [7, 11) is 3.40. The lowest BCUT2D eigenvalue weighted by molar-refractivity contribution is -0.0893. The Hall–Kier alpha value is -1.33. The molecular weight excluding hydrogens is 350 g/mol. The van der Waals surface area contributed by atoms with Crippen LogP contribution in [-0.2, 0) is 9.31 Å². The van der Waals surface area contributed by atoms with Gasteiger partial charge in [0.2, 0.25) is 0 Å². The Morgan fingerprint density at radius 1 is 0.607 bits per heavy atom. The first-order valence-electron chi connectivity index (χ1n) is 9.64. The minimum atomic E-state index is -0.983. The van der Waals surface area contributed by atoms with Crippen LogP contribution in [0.2, 0.25) is 0 Å². The summed E-state index contributed by atoms with van der Waals surface area (Å²) in [6.07, 6.45) is 0. The van der Waals surface area contributed by atoms with Gasteiger partial charge in [-0.05, 0) is 77.1 Å². The maximum Gasteiger partial charge on any atom is 0.331 e. The summed E-state index contributed by atoms with van der Waals surface area (Å²) in [5, 5.41) is 22.7. The highest BCUT2D eigenvalue weighted by Gasteiger charge is 2.36. The Morgan fingerprint density at radius 2 is 0.929 bits per heavy atom. The summed E-state index contributed by atoms with van der Waals surface area (Å²) in [6.45, 7) is 14.4. The van der Waals surface area contributed by atoms with Crippen molar-refractivity contribution in [3.63, 3.8) is 0 Å². The van der Waals surface area contributed by atoms with E-state index in [2.05, 4.69) is 0 Å². The number of hydrogen-bond acceptors (Lipinski definition) is 4. The molecule has 28 heavy (non-hydrogen) atoms. The molecule has 4 nitrogen and oxygen atoms in total. The van der Waals surface area contributed by atoms with Crippen LogP contribution >= 0.6 is 0 Å². The van der Waals surface area contributed by atoms with Crippen LogP contribution in [0.25, 0.3) is 10.8 Å². The van der Waals surface area contributed by atoms with Crippen molar-refractivity contribution in [1.82, 2.24) is 0 Å². The highest BCUT2D eigenvalue weighted by Crippen LogP contribution is 2.25. The third-order valence-electron chi connectivity index (χ3n) is 5.90. The molecule has 6 heteroatoms.